The lowest BCUT2D eigenvalue weighted by molar-refractivity contribution is -0.139. The van der Waals surface area contributed by atoms with Gasteiger partial charge in [-0.05, 0) is 57.0 Å². The van der Waals surface area contributed by atoms with E-state index in [-0.39, 0.29) is 30.6 Å². The average molecular weight is 605 g/mol. The zero-order valence-electron chi connectivity index (χ0n) is 23.8. The Morgan fingerprint density at radius 2 is 2.02 bits per heavy atom. The molecule has 1 amide bonds. The summed E-state index contributed by atoms with van der Waals surface area (Å²) in [7, 11) is 1.86. The van der Waals surface area contributed by atoms with Gasteiger partial charge in [0.2, 0.25) is 5.91 Å². The van der Waals surface area contributed by atoms with Crippen molar-refractivity contribution in [3.63, 3.8) is 0 Å². The minimum absolute atomic E-state index is 0.00133. The molecule has 226 valence electrons. The highest BCUT2D eigenvalue weighted by molar-refractivity contribution is 7.14. The number of likely N-dealkylation sites (tertiary alicyclic amines) is 1. The third-order valence-electron chi connectivity index (χ3n) is 8.41. The molecule has 0 unspecified atom stereocenters. The van der Waals surface area contributed by atoms with Crippen LogP contribution < -0.4 is 10.6 Å². The Kier molecular flexibility index (Phi) is 8.75. The van der Waals surface area contributed by atoms with Crippen LogP contribution in [0.25, 0.3) is 21.6 Å². The molecule has 0 spiro atoms. The van der Waals surface area contributed by atoms with Crippen LogP contribution in [0.3, 0.4) is 0 Å². The molecule has 3 aromatic rings. The molecule has 12 heteroatoms. The van der Waals surface area contributed by atoms with Gasteiger partial charge in [-0.2, -0.15) is 13.2 Å². The van der Waals surface area contributed by atoms with Gasteiger partial charge in [-0.25, -0.2) is 4.39 Å². The molecule has 0 bridgehead atoms. The summed E-state index contributed by atoms with van der Waals surface area (Å²) in [6.07, 6.45) is 1.95. The van der Waals surface area contributed by atoms with Crippen molar-refractivity contribution in [1.82, 2.24) is 25.0 Å². The van der Waals surface area contributed by atoms with Crippen molar-refractivity contribution in [2.24, 2.45) is 5.92 Å². The number of alkyl halides is 4. The van der Waals surface area contributed by atoms with E-state index in [9.17, 15) is 18.0 Å². The molecule has 2 N–H and O–H groups in total. The molecule has 1 aromatic carbocycles. The van der Waals surface area contributed by atoms with Crippen molar-refractivity contribution in [2.75, 3.05) is 25.5 Å². The summed E-state index contributed by atoms with van der Waals surface area (Å²) in [4.78, 5) is 14.4. The third-order valence-corrected chi connectivity index (χ3v) is 9.35. The number of piperidine rings is 1. The summed E-state index contributed by atoms with van der Waals surface area (Å²) >= 11 is 1.15. The van der Waals surface area contributed by atoms with Crippen molar-refractivity contribution in [3.05, 3.63) is 53.6 Å². The van der Waals surface area contributed by atoms with Crippen molar-refractivity contribution in [2.45, 2.75) is 70.0 Å². The topological polar surface area (TPSA) is 75.1 Å². The number of rotatable bonds is 9. The number of halogens is 4. The number of anilines is 1. The fraction of sp³-hybridized carbons (Fsp3) is 0.500. The van der Waals surface area contributed by atoms with Gasteiger partial charge in [0.25, 0.3) is 0 Å². The first-order valence-corrected chi connectivity index (χ1v) is 15.1. The van der Waals surface area contributed by atoms with Gasteiger partial charge in [0.1, 0.15) is 17.7 Å². The number of carbonyl (C=O) groups is 1. The Bertz CT molecular complexity index is 1470. The fourth-order valence-corrected chi connectivity index (χ4v) is 7.03. The highest BCUT2D eigenvalue weighted by Gasteiger charge is 2.45. The minimum atomic E-state index is -4.49. The van der Waals surface area contributed by atoms with E-state index in [0.717, 1.165) is 37.0 Å². The van der Waals surface area contributed by atoms with Gasteiger partial charge < -0.3 is 20.1 Å². The van der Waals surface area contributed by atoms with E-state index in [1.54, 1.807) is 30.3 Å². The van der Waals surface area contributed by atoms with E-state index in [2.05, 4.69) is 27.4 Å². The summed E-state index contributed by atoms with van der Waals surface area (Å²) in [6.45, 7) is 5.52. The van der Waals surface area contributed by atoms with Gasteiger partial charge in [0.05, 0.1) is 23.3 Å². The van der Waals surface area contributed by atoms with E-state index in [1.165, 1.54) is 4.57 Å². The number of benzene rings is 1. The van der Waals surface area contributed by atoms with Crippen LogP contribution in [0.4, 0.5) is 23.2 Å². The Morgan fingerprint density at radius 1 is 1.26 bits per heavy atom. The van der Waals surface area contributed by atoms with Crippen LogP contribution in [0.2, 0.25) is 0 Å². The van der Waals surface area contributed by atoms with Crippen molar-refractivity contribution in [3.8, 4) is 10.7 Å². The molecule has 1 aliphatic heterocycles. The summed E-state index contributed by atoms with van der Waals surface area (Å²) in [6, 6.07) is 6.71. The Labute approximate surface area is 246 Å². The molecular formula is C30H36F4N6OS. The fourth-order valence-electron chi connectivity index (χ4n) is 6.22. The van der Waals surface area contributed by atoms with Gasteiger partial charge in [-0.3, -0.25) is 4.79 Å². The maximum Gasteiger partial charge on any atom is 0.406 e. The van der Waals surface area contributed by atoms with Gasteiger partial charge in [-0.15, -0.1) is 10.2 Å². The third kappa shape index (κ3) is 6.10. The van der Waals surface area contributed by atoms with Gasteiger partial charge >= 0.3 is 6.18 Å². The first-order valence-electron chi connectivity index (χ1n) is 14.2. The van der Waals surface area contributed by atoms with Gasteiger partial charge in [-0.1, -0.05) is 49.0 Å². The quantitative estimate of drug-likeness (QED) is 0.216. The number of hydrogen-bond donors (Lipinski definition) is 2. The lowest BCUT2D eigenvalue weighted by atomic mass is 9.78. The molecule has 42 heavy (non-hydrogen) atoms. The molecule has 7 nitrogen and oxygen atoms in total. The van der Waals surface area contributed by atoms with Crippen LogP contribution in [0.1, 0.15) is 44.0 Å². The Hall–Kier alpha value is -3.25. The molecule has 1 saturated heterocycles. The van der Waals surface area contributed by atoms with Crippen LogP contribution in [0.5, 0.6) is 0 Å². The summed E-state index contributed by atoms with van der Waals surface area (Å²) in [5.41, 5.74) is 0.737. The van der Waals surface area contributed by atoms with E-state index >= 15 is 4.39 Å². The molecule has 1 saturated carbocycles. The highest BCUT2D eigenvalue weighted by Crippen LogP contribution is 2.41. The number of carbonyl (C=O) groups excluding carboxylic acids is 1. The van der Waals surface area contributed by atoms with Gasteiger partial charge in [0, 0.05) is 30.1 Å². The van der Waals surface area contributed by atoms with Crippen LogP contribution in [-0.4, -0.2) is 63.6 Å². The maximum absolute atomic E-state index is 15.9. The predicted molar refractivity (Wildman–Crippen MR) is 158 cm³/mol. The molecule has 5 rings (SSSR count). The largest absolute Gasteiger partial charge is 0.406 e. The van der Waals surface area contributed by atoms with Crippen LogP contribution in [-0.2, 0) is 17.9 Å². The molecular weight excluding hydrogens is 568 g/mol. The number of aromatic nitrogens is 3. The van der Waals surface area contributed by atoms with Crippen LogP contribution in [0.15, 0.2) is 48.6 Å². The Balaban J connectivity index is 1.52. The average Bonchev–Trinajstić information content (AvgIpc) is 3.71. The van der Waals surface area contributed by atoms with Crippen LogP contribution in [0, 0.1) is 5.92 Å². The van der Waals surface area contributed by atoms with E-state index in [4.69, 9.17) is 0 Å². The summed E-state index contributed by atoms with van der Waals surface area (Å²) < 4.78 is 58.6. The number of amides is 1. The Morgan fingerprint density at radius 3 is 2.69 bits per heavy atom. The van der Waals surface area contributed by atoms with Crippen molar-refractivity contribution >= 4 is 33.8 Å². The van der Waals surface area contributed by atoms with Crippen LogP contribution >= 0.6 is 11.3 Å². The molecule has 2 fully saturated rings. The molecule has 2 aliphatic rings. The molecule has 1 aliphatic carbocycles. The molecule has 0 radical (unpaired) electrons. The first-order chi connectivity index (χ1) is 20.0. The predicted octanol–water partition coefficient (Wildman–Crippen LogP) is 6.49. The first kappa shape index (κ1) is 30.2. The highest BCUT2D eigenvalue weighted by atomic mass is 32.1. The van der Waals surface area contributed by atoms with E-state index in [1.807, 2.05) is 24.9 Å². The lowest BCUT2D eigenvalue weighted by Crippen LogP contribution is -2.58. The smallest absolute Gasteiger partial charge is 0.372 e. The zero-order valence-corrected chi connectivity index (χ0v) is 24.6. The zero-order chi connectivity index (χ0) is 30.1. The number of hydrogen-bond acceptors (Lipinski definition) is 6. The molecule has 2 aromatic heterocycles. The standard InChI is InChI=1S/C30H36F4N6OS/c1-4-20(5-2)29(13-14-39(3)17-25(29)31)36-22-11-8-12-23-21(22)15-24(40(23)18-30(32,33)34)28-38-37-26(42-28)16-35-27(41)19-9-6-7-10-19/h4-5,8,11-12,15,19,25,36H,1,6-7,9-10,13-14,16-18H2,2-3H3,(H,35,41)/b20-5+/t25-,29-/m1/s1. The number of nitrogens with zero attached hydrogens (tertiary/aromatic N) is 4. The summed E-state index contributed by atoms with van der Waals surface area (Å²) in [5.74, 6) is -0.0289. The number of fused-ring (bicyclic) bond motifs is 1. The maximum atomic E-state index is 15.9. The van der Waals surface area contributed by atoms with Crippen molar-refractivity contribution in [1.29, 1.82) is 0 Å². The molecule has 3 heterocycles. The minimum Gasteiger partial charge on any atom is -0.372 e. The second kappa shape index (κ2) is 12.2. The second-order valence-corrected chi connectivity index (χ2v) is 12.3. The number of nitrogens with one attached hydrogen (secondary N) is 2. The van der Waals surface area contributed by atoms with Crippen molar-refractivity contribution < 1.29 is 22.4 Å². The molecule has 2 atom stereocenters. The van der Waals surface area contributed by atoms with E-state index in [0.29, 0.717) is 45.1 Å². The normalized spacial score (nSPS) is 22.5. The lowest BCUT2D eigenvalue weighted by Gasteiger charge is -2.45. The van der Waals surface area contributed by atoms with Gasteiger partial charge in [0.15, 0.2) is 5.01 Å². The summed E-state index contributed by atoms with van der Waals surface area (Å²) in [5, 5.41) is 16.0. The number of allylic oxidation sites excluding steroid dienone is 1. The van der Waals surface area contributed by atoms with E-state index < -0.39 is 24.4 Å². The SMILES string of the molecule is C=C/C(=C\C)[C@]1(Nc2cccc3c2cc(-c2nnc(CNC(=O)C4CCCC4)s2)n3CC(F)(F)F)CCN(C)C[C@H]1F. The monoisotopic (exact) mass is 604 g/mol. The second-order valence-electron chi connectivity index (χ2n) is 11.2.